The number of benzene rings is 3. The van der Waals surface area contributed by atoms with Crippen LogP contribution in [0.4, 0.5) is 26.7 Å². The summed E-state index contributed by atoms with van der Waals surface area (Å²) in [6, 6.07) is 16.2. The van der Waals surface area contributed by atoms with Gasteiger partial charge < -0.3 is 25.8 Å². The summed E-state index contributed by atoms with van der Waals surface area (Å²) in [6.45, 7) is 1.87. The third-order valence-corrected chi connectivity index (χ3v) is 6.75. The Bertz CT molecular complexity index is 1510. The fourth-order valence-corrected chi connectivity index (χ4v) is 4.57. The molecule has 5 amide bonds. The first-order chi connectivity index (χ1) is 20.5. The number of urea groups is 2. The van der Waals surface area contributed by atoms with Crippen LogP contribution in [0, 0.1) is 17.0 Å². The van der Waals surface area contributed by atoms with E-state index in [1.807, 2.05) is 6.92 Å². The number of hydrogen-bond acceptors (Lipinski definition) is 7. The maximum Gasteiger partial charge on any atom is 0.323 e. The van der Waals surface area contributed by atoms with Crippen LogP contribution in [0.3, 0.4) is 0 Å². The van der Waals surface area contributed by atoms with Gasteiger partial charge in [0.1, 0.15) is 5.75 Å². The topological polar surface area (TPSA) is 183 Å². The molecule has 14 heteroatoms. The Morgan fingerprint density at radius 1 is 0.953 bits per heavy atom. The molecule has 2 unspecified atom stereocenters. The fraction of sp³-hybridized carbons (Fsp3) is 0.241. The zero-order valence-electron chi connectivity index (χ0n) is 23.4. The number of ether oxygens (including phenoxy) is 1. The summed E-state index contributed by atoms with van der Waals surface area (Å²) in [5.41, 5.74) is 1.74. The standard InChI is InChI=1S/C29H30N6O8/c1-18-6-8-20(9-7-18)30-28(39)33-14-15-34(29(40)31-21-10-12-23(43-2)13-11-21)27(33)26(38)32-24(17-25(36)37)19-4-3-5-22(16-19)35(41)42/h3-13,16,24,27H,14-15,17H2,1-2H3,(H,30,39)(H,31,40)(H,32,38)(H,36,37). The molecule has 1 saturated heterocycles. The number of non-ortho nitro benzene ring substituents is 1. The molecule has 0 bridgehead atoms. The van der Waals surface area contributed by atoms with Gasteiger partial charge >= 0.3 is 18.0 Å². The Hall–Kier alpha value is -5.66. The summed E-state index contributed by atoms with van der Waals surface area (Å²) in [7, 11) is 1.50. The molecule has 1 fully saturated rings. The van der Waals surface area contributed by atoms with Crippen molar-refractivity contribution >= 4 is 41.0 Å². The fourth-order valence-electron chi connectivity index (χ4n) is 4.57. The molecule has 0 aromatic heterocycles. The number of hydrogen-bond donors (Lipinski definition) is 4. The van der Waals surface area contributed by atoms with Gasteiger partial charge in [0, 0.05) is 36.6 Å². The van der Waals surface area contributed by atoms with Crippen LogP contribution >= 0.6 is 0 Å². The van der Waals surface area contributed by atoms with Gasteiger partial charge in [0.05, 0.1) is 24.5 Å². The van der Waals surface area contributed by atoms with E-state index >= 15 is 0 Å². The van der Waals surface area contributed by atoms with Crippen LogP contribution in [0.5, 0.6) is 5.75 Å². The van der Waals surface area contributed by atoms with E-state index in [4.69, 9.17) is 4.74 Å². The van der Waals surface area contributed by atoms with E-state index in [1.165, 1.54) is 31.4 Å². The number of carbonyl (C=O) groups excluding carboxylic acids is 3. The van der Waals surface area contributed by atoms with Gasteiger partial charge in [0.15, 0.2) is 6.17 Å². The Kier molecular flexibility index (Phi) is 9.40. The number of nitrogens with zero attached hydrogens (tertiary/aromatic N) is 3. The second kappa shape index (κ2) is 13.3. The van der Waals surface area contributed by atoms with Gasteiger partial charge in [-0.25, -0.2) is 9.59 Å². The zero-order chi connectivity index (χ0) is 31.1. The molecule has 0 radical (unpaired) electrons. The minimum absolute atomic E-state index is 0.00772. The zero-order valence-corrected chi connectivity index (χ0v) is 23.4. The van der Waals surface area contributed by atoms with Crippen LogP contribution in [0.1, 0.15) is 23.6 Å². The number of nitrogens with one attached hydrogen (secondary N) is 3. The minimum Gasteiger partial charge on any atom is -0.497 e. The van der Waals surface area contributed by atoms with Crippen LogP contribution in [0.2, 0.25) is 0 Å². The third-order valence-electron chi connectivity index (χ3n) is 6.75. The number of rotatable bonds is 9. The molecule has 3 aromatic carbocycles. The molecular weight excluding hydrogens is 560 g/mol. The van der Waals surface area contributed by atoms with Crippen molar-refractivity contribution in [2.24, 2.45) is 0 Å². The average molecular weight is 591 g/mol. The molecule has 224 valence electrons. The van der Waals surface area contributed by atoms with Crippen LogP contribution in [-0.2, 0) is 9.59 Å². The largest absolute Gasteiger partial charge is 0.497 e. The normalized spacial score (nSPS) is 14.9. The van der Waals surface area contributed by atoms with Crippen molar-refractivity contribution in [1.29, 1.82) is 0 Å². The van der Waals surface area contributed by atoms with Crippen molar-refractivity contribution in [3.8, 4) is 5.75 Å². The van der Waals surface area contributed by atoms with E-state index < -0.39 is 47.5 Å². The van der Waals surface area contributed by atoms with Crippen molar-refractivity contribution in [1.82, 2.24) is 15.1 Å². The van der Waals surface area contributed by atoms with Gasteiger partial charge in [-0.05, 0) is 48.9 Å². The van der Waals surface area contributed by atoms with Crippen molar-refractivity contribution in [2.45, 2.75) is 25.6 Å². The summed E-state index contributed by atoms with van der Waals surface area (Å²) in [6.07, 6.45) is -2.08. The highest BCUT2D eigenvalue weighted by Crippen LogP contribution is 2.25. The number of aryl methyl sites for hydroxylation is 1. The highest BCUT2D eigenvalue weighted by molar-refractivity contribution is 5.98. The molecule has 4 rings (SSSR count). The van der Waals surface area contributed by atoms with Crippen molar-refractivity contribution in [3.05, 3.63) is 94.0 Å². The molecule has 43 heavy (non-hydrogen) atoms. The monoisotopic (exact) mass is 590 g/mol. The van der Waals surface area contributed by atoms with Gasteiger partial charge in [-0.1, -0.05) is 29.8 Å². The smallest absolute Gasteiger partial charge is 0.323 e. The molecule has 2 atom stereocenters. The van der Waals surface area contributed by atoms with Crippen molar-refractivity contribution in [3.63, 3.8) is 0 Å². The lowest BCUT2D eigenvalue weighted by atomic mass is 10.0. The molecule has 3 aromatic rings. The van der Waals surface area contributed by atoms with Crippen molar-refractivity contribution in [2.75, 3.05) is 30.8 Å². The van der Waals surface area contributed by atoms with E-state index in [2.05, 4.69) is 16.0 Å². The second-order valence-electron chi connectivity index (χ2n) is 9.73. The number of aliphatic carboxylic acids is 1. The van der Waals surface area contributed by atoms with Crippen LogP contribution in [0.15, 0.2) is 72.8 Å². The molecule has 0 saturated carbocycles. The highest BCUT2D eigenvalue weighted by atomic mass is 16.6. The van der Waals surface area contributed by atoms with E-state index in [0.29, 0.717) is 17.1 Å². The van der Waals surface area contributed by atoms with Crippen LogP contribution < -0.4 is 20.7 Å². The summed E-state index contributed by atoms with van der Waals surface area (Å²) in [4.78, 5) is 65.2. The maximum absolute atomic E-state index is 13.8. The molecule has 14 nitrogen and oxygen atoms in total. The summed E-state index contributed by atoms with van der Waals surface area (Å²) >= 11 is 0. The molecular formula is C29H30N6O8. The number of nitro groups is 1. The van der Waals surface area contributed by atoms with Gasteiger partial charge in [0.2, 0.25) is 0 Å². The lowest BCUT2D eigenvalue weighted by molar-refractivity contribution is -0.384. The lowest BCUT2D eigenvalue weighted by Gasteiger charge is -2.30. The summed E-state index contributed by atoms with van der Waals surface area (Å²) in [5, 5.41) is 28.8. The molecule has 1 heterocycles. The van der Waals surface area contributed by atoms with Crippen molar-refractivity contribution < 1.29 is 33.9 Å². The summed E-state index contributed by atoms with van der Waals surface area (Å²) in [5.74, 6) is -1.55. The van der Waals surface area contributed by atoms with Gasteiger partial charge in [-0.3, -0.25) is 29.5 Å². The minimum atomic E-state index is -1.47. The summed E-state index contributed by atoms with van der Waals surface area (Å²) < 4.78 is 5.13. The Labute approximate surface area is 246 Å². The van der Waals surface area contributed by atoms with Gasteiger partial charge in [-0.2, -0.15) is 0 Å². The van der Waals surface area contributed by atoms with E-state index in [1.54, 1.807) is 48.5 Å². The molecule has 0 spiro atoms. The highest BCUT2D eigenvalue weighted by Gasteiger charge is 2.43. The van der Waals surface area contributed by atoms with Crippen LogP contribution in [-0.4, -0.2) is 70.1 Å². The number of carbonyl (C=O) groups is 4. The quantitative estimate of drug-likeness (QED) is 0.213. The Morgan fingerprint density at radius 2 is 1.51 bits per heavy atom. The predicted octanol–water partition coefficient (Wildman–Crippen LogP) is 3.95. The average Bonchev–Trinajstić information content (AvgIpc) is 3.44. The predicted molar refractivity (Wildman–Crippen MR) is 156 cm³/mol. The molecule has 0 aliphatic carbocycles. The number of amides is 5. The second-order valence-corrected chi connectivity index (χ2v) is 9.73. The van der Waals surface area contributed by atoms with E-state index in [9.17, 15) is 34.4 Å². The number of nitro benzene ring substituents is 1. The Morgan fingerprint density at radius 3 is 2.02 bits per heavy atom. The molecule has 4 N–H and O–H groups in total. The number of carboxylic acid groups (broad SMARTS) is 1. The Balaban J connectivity index is 1.62. The SMILES string of the molecule is COc1ccc(NC(=O)N2CCN(C(=O)Nc3ccc(C)cc3)C2C(=O)NC(CC(=O)O)c2cccc([N+](=O)[O-])c2)cc1. The lowest BCUT2D eigenvalue weighted by Crippen LogP contribution is -2.56. The van der Waals surface area contributed by atoms with E-state index in [-0.39, 0.29) is 24.3 Å². The number of carboxylic acids is 1. The first-order valence-electron chi connectivity index (χ1n) is 13.2. The van der Waals surface area contributed by atoms with Gasteiger partial charge in [0.25, 0.3) is 11.6 Å². The molecule has 1 aliphatic rings. The molecule has 1 aliphatic heterocycles. The first-order valence-corrected chi connectivity index (χ1v) is 13.2. The third kappa shape index (κ3) is 7.55. The number of methoxy groups -OCH3 is 1. The maximum atomic E-state index is 13.8. The van der Waals surface area contributed by atoms with Gasteiger partial charge in [-0.15, -0.1) is 0 Å². The first kappa shape index (κ1) is 30.3. The number of anilines is 2. The van der Waals surface area contributed by atoms with E-state index in [0.717, 1.165) is 15.4 Å². The van der Waals surface area contributed by atoms with Crippen LogP contribution in [0.25, 0.3) is 0 Å².